The van der Waals surface area contributed by atoms with Crippen LogP contribution in [0.25, 0.3) is 11.5 Å². The average Bonchev–Trinajstić information content (AvgIpc) is 2.64. The van der Waals surface area contributed by atoms with Gasteiger partial charge in [0.1, 0.15) is 5.69 Å². The highest BCUT2D eigenvalue weighted by molar-refractivity contribution is 9.10. The van der Waals surface area contributed by atoms with Gasteiger partial charge in [-0.05, 0) is 34.3 Å². The van der Waals surface area contributed by atoms with Gasteiger partial charge in [0.05, 0.1) is 0 Å². The molecule has 0 saturated carbocycles. The maximum absolute atomic E-state index is 11.3. The van der Waals surface area contributed by atoms with Crippen LogP contribution in [0.3, 0.4) is 0 Å². The van der Waals surface area contributed by atoms with Crippen molar-refractivity contribution in [1.29, 1.82) is 0 Å². The van der Waals surface area contributed by atoms with Crippen molar-refractivity contribution in [2.45, 2.75) is 5.16 Å². The molecule has 4 nitrogen and oxygen atoms in total. The molecule has 0 amide bonds. The number of aromatic amines is 1. The van der Waals surface area contributed by atoms with Crippen LogP contribution in [0.4, 0.5) is 0 Å². The van der Waals surface area contributed by atoms with Crippen LogP contribution in [-0.2, 0) is 0 Å². The summed E-state index contributed by atoms with van der Waals surface area (Å²) in [5.74, 6) is 0.572. The average molecular weight is 287 g/mol. The second kappa shape index (κ2) is 4.24. The molecule has 0 atom stereocenters. The minimum atomic E-state index is -0.183. The molecule has 0 bridgehead atoms. The van der Waals surface area contributed by atoms with Gasteiger partial charge in [-0.3, -0.25) is 4.79 Å². The van der Waals surface area contributed by atoms with Crippen LogP contribution >= 0.6 is 27.7 Å². The Balaban J connectivity index is 2.53. The first-order valence-electron chi connectivity index (χ1n) is 4.10. The molecule has 0 aliphatic rings. The lowest BCUT2D eigenvalue weighted by atomic mass is 10.3. The maximum atomic E-state index is 11.3. The first-order valence-corrected chi connectivity index (χ1v) is 6.12. The molecule has 0 unspecified atom stereocenters. The third-order valence-electron chi connectivity index (χ3n) is 1.74. The predicted octanol–water partition coefficient (Wildman–Crippen LogP) is 2.51. The lowest BCUT2D eigenvalue weighted by molar-refractivity contribution is 0.552. The van der Waals surface area contributed by atoms with Gasteiger partial charge in [0.15, 0.2) is 15.6 Å². The van der Waals surface area contributed by atoms with Crippen LogP contribution in [-0.4, -0.2) is 16.2 Å². The highest BCUT2D eigenvalue weighted by Gasteiger charge is 2.07. The number of furan rings is 1. The number of thioether (sulfide) groups is 1. The molecule has 0 aromatic carbocycles. The summed E-state index contributed by atoms with van der Waals surface area (Å²) in [4.78, 5) is 18.1. The van der Waals surface area contributed by atoms with Gasteiger partial charge in [-0.1, -0.05) is 11.8 Å². The van der Waals surface area contributed by atoms with Crippen LogP contribution in [0.15, 0.2) is 37.2 Å². The Morgan fingerprint density at radius 2 is 2.33 bits per heavy atom. The lowest BCUT2D eigenvalue weighted by Crippen LogP contribution is -2.07. The zero-order valence-electron chi connectivity index (χ0n) is 7.78. The van der Waals surface area contributed by atoms with Crippen LogP contribution in [0.2, 0.25) is 0 Å². The minimum Gasteiger partial charge on any atom is -0.448 e. The van der Waals surface area contributed by atoms with Gasteiger partial charge in [0.2, 0.25) is 0 Å². The van der Waals surface area contributed by atoms with Crippen molar-refractivity contribution in [3.05, 3.63) is 33.2 Å². The monoisotopic (exact) mass is 286 g/mol. The SMILES string of the molecule is CSc1nc(-c2ccc(Br)o2)cc(=O)[nH]1. The number of hydrogen-bond acceptors (Lipinski definition) is 4. The van der Waals surface area contributed by atoms with Crippen LogP contribution in [0.5, 0.6) is 0 Å². The molecule has 2 rings (SSSR count). The highest BCUT2D eigenvalue weighted by atomic mass is 79.9. The summed E-state index contributed by atoms with van der Waals surface area (Å²) in [6, 6.07) is 4.93. The maximum Gasteiger partial charge on any atom is 0.252 e. The van der Waals surface area contributed by atoms with Gasteiger partial charge in [-0.15, -0.1) is 0 Å². The molecule has 6 heteroatoms. The summed E-state index contributed by atoms with van der Waals surface area (Å²) in [5, 5.41) is 0.574. The summed E-state index contributed by atoms with van der Waals surface area (Å²) in [6.07, 6.45) is 1.85. The van der Waals surface area contributed by atoms with Gasteiger partial charge in [0.25, 0.3) is 5.56 Å². The van der Waals surface area contributed by atoms with E-state index in [0.29, 0.717) is 21.3 Å². The minimum absolute atomic E-state index is 0.183. The van der Waals surface area contributed by atoms with Crippen molar-refractivity contribution in [1.82, 2.24) is 9.97 Å². The number of rotatable bonds is 2. The van der Waals surface area contributed by atoms with E-state index >= 15 is 0 Å². The third-order valence-corrected chi connectivity index (χ3v) is 2.75. The lowest BCUT2D eigenvalue weighted by Gasteiger charge is -1.98. The Kier molecular flexibility index (Phi) is 2.97. The number of H-pyrrole nitrogens is 1. The quantitative estimate of drug-likeness (QED) is 0.681. The second-order valence-electron chi connectivity index (χ2n) is 2.74. The molecule has 2 aromatic heterocycles. The molecular weight excluding hydrogens is 280 g/mol. The Hall–Kier alpha value is -1.01. The zero-order chi connectivity index (χ0) is 10.8. The van der Waals surface area contributed by atoms with Crippen LogP contribution in [0, 0.1) is 0 Å². The van der Waals surface area contributed by atoms with E-state index in [1.54, 1.807) is 12.1 Å². The van der Waals surface area contributed by atoms with E-state index in [-0.39, 0.29) is 5.56 Å². The molecule has 2 heterocycles. The largest absolute Gasteiger partial charge is 0.448 e. The summed E-state index contributed by atoms with van der Waals surface area (Å²) >= 11 is 4.58. The fraction of sp³-hybridized carbons (Fsp3) is 0.111. The van der Waals surface area contributed by atoms with Crippen molar-refractivity contribution >= 4 is 27.7 Å². The predicted molar refractivity (Wildman–Crippen MR) is 62.0 cm³/mol. The topological polar surface area (TPSA) is 58.9 Å². The standard InChI is InChI=1S/C9H7BrN2O2S/c1-15-9-11-5(4-8(13)12-9)6-2-3-7(10)14-6/h2-4H,1H3,(H,11,12,13). The van der Waals surface area contributed by atoms with E-state index in [4.69, 9.17) is 4.42 Å². The molecule has 1 N–H and O–H groups in total. The molecule has 0 spiro atoms. The number of nitrogens with zero attached hydrogens (tertiary/aromatic N) is 1. The van der Waals surface area contributed by atoms with Gasteiger partial charge in [0, 0.05) is 6.07 Å². The molecule has 0 aliphatic heterocycles. The van der Waals surface area contributed by atoms with Gasteiger partial charge in [-0.25, -0.2) is 4.98 Å². The van der Waals surface area contributed by atoms with E-state index in [1.807, 2.05) is 6.26 Å². The molecule has 2 aromatic rings. The summed E-state index contributed by atoms with van der Waals surface area (Å²) < 4.78 is 5.93. The zero-order valence-corrected chi connectivity index (χ0v) is 10.2. The first kappa shape index (κ1) is 10.5. The molecule has 78 valence electrons. The smallest absolute Gasteiger partial charge is 0.252 e. The fourth-order valence-electron chi connectivity index (χ4n) is 1.11. The van der Waals surface area contributed by atoms with Gasteiger partial charge < -0.3 is 9.40 Å². The molecule has 0 saturated heterocycles. The van der Waals surface area contributed by atoms with E-state index in [0.717, 1.165) is 0 Å². The summed E-state index contributed by atoms with van der Waals surface area (Å²) in [5.41, 5.74) is 0.352. The van der Waals surface area contributed by atoms with Gasteiger partial charge in [-0.2, -0.15) is 0 Å². The molecule has 15 heavy (non-hydrogen) atoms. The van der Waals surface area contributed by atoms with Crippen LogP contribution < -0.4 is 5.56 Å². The van der Waals surface area contributed by atoms with Crippen molar-refractivity contribution in [3.8, 4) is 11.5 Å². The van der Waals surface area contributed by atoms with Crippen molar-refractivity contribution in [2.75, 3.05) is 6.26 Å². The van der Waals surface area contributed by atoms with Crippen molar-refractivity contribution < 1.29 is 4.42 Å². The number of aromatic nitrogens is 2. The van der Waals surface area contributed by atoms with Crippen LogP contribution in [0.1, 0.15) is 0 Å². The second-order valence-corrected chi connectivity index (χ2v) is 4.32. The van der Waals surface area contributed by atoms with E-state index in [9.17, 15) is 4.79 Å². The molecular formula is C9H7BrN2O2S. The Morgan fingerprint density at radius 1 is 1.53 bits per heavy atom. The third kappa shape index (κ3) is 2.32. The Morgan fingerprint density at radius 3 is 2.93 bits per heavy atom. The van der Waals surface area contributed by atoms with Crippen molar-refractivity contribution in [3.63, 3.8) is 0 Å². The Labute approximate surface area is 98.2 Å². The summed E-state index contributed by atoms with van der Waals surface area (Å²) in [7, 11) is 0. The number of halogens is 1. The highest BCUT2D eigenvalue weighted by Crippen LogP contribution is 2.23. The van der Waals surface area contributed by atoms with Gasteiger partial charge >= 0.3 is 0 Å². The summed E-state index contributed by atoms with van der Waals surface area (Å²) in [6.45, 7) is 0. The van der Waals surface area contributed by atoms with E-state index < -0.39 is 0 Å². The van der Waals surface area contributed by atoms with E-state index in [1.165, 1.54) is 17.8 Å². The normalized spacial score (nSPS) is 10.5. The molecule has 0 aliphatic carbocycles. The Bertz CT molecular complexity index is 535. The molecule has 0 radical (unpaired) electrons. The number of hydrogen-bond donors (Lipinski definition) is 1. The number of nitrogens with one attached hydrogen (secondary N) is 1. The van der Waals surface area contributed by atoms with E-state index in [2.05, 4.69) is 25.9 Å². The van der Waals surface area contributed by atoms with Crippen molar-refractivity contribution in [2.24, 2.45) is 0 Å². The molecule has 0 fully saturated rings. The fourth-order valence-corrected chi connectivity index (χ4v) is 1.81. The first-order chi connectivity index (χ1) is 7.19.